The second-order valence-corrected chi connectivity index (χ2v) is 5.85. The molecule has 1 aromatic heterocycles. The molecule has 1 atom stereocenters. The number of nitro groups is 1. The fraction of sp³-hybridized carbons (Fsp3) is 0.375. The highest BCUT2D eigenvalue weighted by molar-refractivity contribution is 5.76. The van der Waals surface area contributed by atoms with E-state index in [0.717, 1.165) is 18.4 Å². The first-order valence-electron chi connectivity index (χ1n) is 7.74. The average Bonchev–Trinajstić information content (AvgIpc) is 3.16. The first-order chi connectivity index (χ1) is 11.5. The summed E-state index contributed by atoms with van der Waals surface area (Å²) in [4.78, 5) is 24.3. The lowest BCUT2D eigenvalue weighted by Crippen LogP contribution is -2.39. The van der Waals surface area contributed by atoms with Gasteiger partial charge in [-0.3, -0.25) is 4.79 Å². The highest BCUT2D eigenvalue weighted by Gasteiger charge is 2.29. The Hall–Kier alpha value is -2.77. The van der Waals surface area contributed by atoms with Gasteiger partial charge in [0, 0.05) is 12.6 Å². The number of nitrogens with zero attached hydrogens (tertiary/aromatic N) is 4. The Labute approximate surface area is 137 Å². The summed E-state index contributed by atoms with van der Waals surface area (Å²) in [5.41, 5.74) is 0.856. The van der Waals surface area contributed by atoms with Crippen LogP contribution in [0.25, 0.3) is 0 Å². The number of halogens is 1. The van der Waals surface area contributed by atoms with E-state index < -0.39 is 4.92 Å². The molecule has 1 aliphatic heterocycles. The van der Waals surface area contributed by atoms with Gasteiger partial charge < -0.3 is 15.0 Å². The summed E-state index contributed by atoms with van der Waals surface area (Å²) in [7, 11) is 0. The highest BCUT2D eigenvalue weighted by Crippen LogP contribution is 2.22. The van der Waals surface area contributed by atoms with Gasteiger partial charge >= 0.3 is 5.82 Å². The summed E-state index contributed by atoms with van der Waals surface area (Å²) in [5, 5.41) is 14.4. The Morgan fingerprint density at radius 1 is 1.42 bits per heavy atom. The van der Waals surface area contributed by atoms with Gasteiger partial charge in [0.2, 0.25) is 5.91 Å². The van der Waals surface area contributed by atoms with E-state index in [4.69, 9.17) is 0 Å². The standard InChI is InChI=1S/C16H17FN4O3/c17-13-4-1-3-12(9-13)10-14-5-2-7-20(14)16(22)11-19-8-6-15(18-19)21(23)24/h1,3-4,6,8-9,14H,2,5,7,10-11H2. The van der Waals surface area contributed by atoms with Crippen LogP contribution in [0.5, 0.6) is 0 Å². The number of hydrogen-bond donors (Lipinski definition) is 0. The largest absolute Gasteiger partial charge is 0.389 e. The minimum Gasteiger partial charge on any atom is -0.358 e. The third-order valence-corrected chi connectivity index (χ3v) is 4.17. The molecular formula is C16H17FN4O3. The van der Waals surface area contributed by atoms with Crippen molar-refractivity contribution in [1.82, 2.24) is 14.7 Å². The smallest absolute Gasteiger partial charge is 0.358 e. The SMILES string of the molecule is O=C(Cn1ccc([N+](=O)[O-])n1)N1CCCC1Cc1cccc(F)c1. The molecule has 3 rings (SSSR count). The van der Waals surface area contributed by atoms with Crippen LogP contribution >= 0.6 is 0 Å². The zero-order valence-corrected chi connectivity index (χ0v) is 13.0. The van der Waals surface area contributed by atoms with Crippen molar-refractivity contribution in [3.8, 4) is 0 Å². The maximum atomic E-state index is 13.3. The molecule has 1 fully saturated rings. The maximum absolute atomic E-state index is 13.3. The molecule has 0 spiro atoms. The fourth-order valence-corrected chi connectivity index (χ4v) is 3.08. The van der Waals surface area contributed by atoms with Gasteiger partial charge in [-0.15, -0.1) is 0 Å². The van der Waals surface area contributed by atoms with E-state index in [1.807, 2.05) is 6.07 Å². The van der Waals surface area contributed by atoms with E-state index in [9.17, 15) is 19.3 Å². The molecular weight excluding hydrogens is 315 g/mol. The van der Waals surface area contributed by atoms with E-state index >= 15 is 0 Å². The van der Waals surface area contributed by atoms with Crippen LogP contribution in [0.15, 0.2) is 36.5 Å². The molecule has 0 bridgehead atoms. The number of amides is 1. The van der Waals surface area contributed by atoms with Gasteiger partial charge in [0.1, 0.15) is 12.4 Å². The van der Waals surface area contributed by atoms with Gasteiger partial charge in [0.25, 0.3) is 0 Å². The zero-order chi connectivity index (χ0) is 17.1. The van der Waals surface area contributed by atoms with Crippen molar-refractivity contribution in [2.45, 2.75) is 31.8 Å². The Bertz CT molecular complexity index is 761. The first-order valence-corrected chi connectivity index (χ1v) is 7.74. The molecule has 0 aliphatic carbocycles. The average molecular weight is 332 g/mol. The number of aromatic nitrogens is 2. The molecule has 1 unspecified atom stereocenters. The predicted octanol–water partition coefficient (Wildman–Crippen LogP) is 2.16. The van der Waals surface area contributed by atoms with Crippen LogP contribution in [0.4, 0.5) is 10.2 Å². The number of rotatable bonds is 5. The van der Waals surface area contributed by atoms with Crippen LogP contribution in [-0.4, -0.2) is 38.1 Å². The van der Waals surface area contributed by atoms with Crippen molar-refractivity contribution in [3.05, 3.63) is 58.0 Å². The molecule has 8 heteroatoms. The van der Waals surface area contributed by atoms with Crippen LogP contribution in [0, 0.1) is 15.9 Å². The van der Waals surface area contributed by atoms with E-state index in [2.05, 4.69) is 5.10 Å². The predicted molar refractivity (Wildman–Crippen MR) is 83.7 cm³/mol. The normalized spacial score (nSPS) is 17.2. The van der Waals surface area contributed by atoms with Crippen molar-refractivity contribution in [3.63, 3.8) is 0 Å². The van der Waals surface area contributed by atoms with E-state index in [0.29, 0.717) is 13.0 Å². The summed E-state index contributed by atoms with van der Waals surface area (Å²) < 4.78 is 14.6. The van der Waals surface area contributed by atoms with Crippen molar-refractivity contribution >= 4 is 11.7 Å². The van der Waals surface area contributed by atoms with E-state index in [-0.39, 0.29) is 30.1 Å². The van der Waals surface area contributed by atoms with Gasteiger partial charge in [-0.2, -0.15) is 4.68 Å². The van der Waals surface area contributed by atoms with Crippen molar-refractivity contribution < 1.29 is 14.1 Å². The fourth-order valence-electron chi connectivity index (χ4n) is 3.08. The third kappa shape index (κ3) is 3.58. The second-order valence-electron chi connectivity index (χ2n) is 5.85. The number of likely N-dealkylation sites (tertiary alicyclic amines) is 1. The van der Waals surface area contributed by atoms with Gasteiger partial charge in [-0.1, -0.05) is 12.1 Å². The topological polar surface area (TPSA) is 81.3 Å². The monoisotopic (exact) mass is 332 g/mol. The van der Waals surface area contributed by atoms with Crippen LogP contribution in [0.3, 0.4) is 0 Å². The van der Waals surface area contributed by atoms with Gasteiger partial charge in [-0.25, -0.2) is 4.39 Å². The summed E-state index contributed by atoms with van der Waals surface area (Å²) >= 11 is 0. The number of hydrogen-bond acceptors (Lipinski definition) is 4. The van der Waals surface area contributed by atoms with Gasteiger partial charge in [-0.05, 0) is 41.9 Å². The van der Waals surface area contributed by atoms with Gasteiger partial charge in [0.05, 0.1) is 17.4 Å². The number of carbonyl (C=O) groups is 1. The minimum atomic E-state index is -0.594. The highest BCUT2D eigenvalue weighted by atomic mass is 19.1. The van der Waals surface area contributed by atoms with Crippen molar-refractivity contribution in [2.75, 3.05) is 6.54 Å². The van der Waals surface area contributed by atoms with Crippen LogP contribution in [-0.2, 0) is 17.8 Å². The molecule has 7 nitrogen and oxygen atoms in total. The Balaban J connectivity index is 1.65. The summed E-state index contributed by atoms with van der Waals surface area (Å²) in [6, 6.07) is 7.67. The third-order valence-electron chi connectivity index (χ3n) is 4.17. The number of benzene rings is 1. The molecule has 0 N–H and O–H groups in total. The molecule has 0 radical (unpaired) electrons. The van der Waals surface area contributed by atoms with Crippen molar-refractivity contribution in [2.24, 2.45) is 0 Å². The molecule has 1 aliphatic rings. The Morgan fingerprint density at radius 3 is 2.96 bits per heavy atom. The molecule has 2 aromatic rings. The molecule has 2 heterocycles. The Kier molecular flexibility index (Phi) is 4.54. The maximum Gasteiger partial charge on any atom is 0.389 e. The summed E-state index contributed by atoms with van der Waals surface area (Å²) in [5.74, 6) is -0.695. The molecule has 24 heavy (non-hydrogen) atoms. The number of carbonyl (C=O) groups excluding carboxylic acids is 1. The lowest BCUT2D eigenvalue weighted by molar-refractivity contribution is -0.389. The van der Waals surface area contributed by atoms with E-state index in [1.54, 1.807) is 11.0 Å². The molecule has 1 amide bonds. The van der Waals surface area contributed by atoms with Crippen LogP contribution < -0.4 is 0 Å². The molecule has 126 valence electrons. The lowest BCUT2D eigenvalue weighted by atomic mass is 10.0. The second kappa shape index (κ2) is 6.77. The lowest BCUT2D eigenvalue weighted by Gasteiger charge is -2.24. The van der Waals surface area contributed by atoms with E-state index in [1.165, 1.54) is 29.1 Å². The van der Waals surface area contributed by atoms with Crippen molar-refractivity contribution in [1.29, 1.82) is 0 Å². The summed E-state index contributed by atoms with van der Waals surface area (Å²) in [6.45, 7) is 0.607. The Morgan fingerprint density at radius 2 is 2.25 bits per heavy atom. The van der Waals surface area contributed by atoms with Gasteiger partial charge in [0.15, 0.2) is 0 Å². The summed E-state index contributed by atoms with van der Waals surface area (Å²) in [6.07, 6.45) is 3.78. The zero-order valence-electron chi connectivity index (χ0n) is 13.0. The quantitative estimate of drug-likeness (QED) is 0.621. The van der Waals surface area contributed by atoms with Crippen LogP contribution in [0.2, 0.25) is 0 Å². The first kappa shape index (κ1) is 16.1. The molecule has 1 saturated heterocycles. The molecule has 1 aromatic carbocycles. The molecule has 0 saturated carbocycles. The minimum absolute atomic E-state index is 0.0184. The van der Waals surface area contributed by atoms with Crippen LogP contribution in [0.1, 0.15) is 18.4 Å².